The number of benzene rings is 7. The number of halogens is 3. The molecule has 0 spiro atoms. The zero-order valence-corrected chi connectivity index (χ0v) is 30.6. The highest BCUT2D eigenvalue weighted by Gasteiger charge is 2.32. The fourth-order valence-electron chi connectivity index (χ4n) is 8.23. The zero-order chi connectivity index (χ0) is 38.1. The summed E-state index contributed by atoms with van der Waals surface area (Å²) in [6.45, 7) is 4.14. The molecule has 0 saturated carbocycles. The zero-order valence-electron chi connectivity index (χ0n) is 30.6. The predicted octanol–water partition coefficient (Wildman–Crippen LogP) is 13.9. The van der Waals surface area contributed by atoms with Gasteiger partial charge < -0.3 is 9.13 Å². The van der Waals surface area contributed by atoms with Crippen LogP contribution in [0.25, 0.3) is 88.4 Å². The van der Waals surface area contributed by atoms with Gasteiger partial charge in [0, 0.05) is 38.9 Å². The largest absolute Gasteiger partial charge is 0.416 e. The van der Waals surface area contributed by atoms with Crippen molar-refractivity contribution in [3.05, 3.63) is 187 Å². The highest BCUT2D eigenvalue weighted by molar-refractivity contribution is 6.12. The average molecular weight is 734 g/mol. The van der Waals surface area contributed by atoms with Crippen LogP contribution in [0.2, 0.25) is 0 Å². The maximum atomic E-state index is 14.6. The van der Waals surface area contributed by atoms with Crippen molar-refractivity contribution >= 4 is 43.6 Å². The third kappa shape index (κ3) is 5.48. The number of alkyl halides is 3. The Kier molecular flexibility index (Phi) is 7.72. The monoisotopic (exact) mass is 733 g/mol. The quantitative estimate of drug-likeness (QED) is 0.173. The molecule has 10 rings (SSSR count). The lowest BCUT2D eigenvalue weighted by Gasteiger charge is -2.20. The Balaban J connectivity index is 1.23. The number of nitrogens with zero attached hydrogens (tertiary/aromatic N) is 3. The van der Waals surface area contributed by atoms with Crippen molar-refractivity contribution in [3.63, 3.8) is 0 Å². The Morgan fingerprint density at radius 1 is 0.429 bits per heavy atom. The molecule has 0 radical (unpaired) electrons. The molecule has 0 bridgehead atoms. The fourth-order valence-corrected chi connectivity index (χ4v) is 8.23. The lowest BCUT2D eigenvalue weighted by atomic mass is 9.99. The van der Waals surface area contributed by atoms with Gasteiger partial charge in [-0.2, -0.15) is 13.2 Å². The Labute approximate surface area is 321 Å². The van der Waals surface area contributed by atoms with Gasteiger partial charge in [0.1, 0.15) is 0 Å². The van der Waals surface area contributed by atoms with Crippen LogP contribution in [0.15, 0.2) is 170 Å². The second-order valence-electron chi connectivity index (χ2n) is 14.5. The summed E-state index contributed by atoms with van der Waals surface area (Å²) in [6.07, 6.45) is -1.02. The molecule has 3 heterocycles. The summed E-state index contributed by atoms with van der Waals surface area (Å²) in [6, 6.07) is 51.8. The van der Waals surface area contributed by atoms with Crippen molar-refractivity contribution < 1.29 is 13.2 Å². The highest BCUT2D eigenvalue weighted by atomic mass is 19.4. The smallest absolute Gasteiger partial charge is 0.309 e. The summed E-state index contributed by atoms with van der Waals surface area (Å²) in [4.78, 5) is 4.60. The van der Waals surface area contributed by atoms with E-state index in [9.17, 15) is 13.2 Å². The van der Waals surface area contributed by atoms with Gasteiger partial charge in [0.05, 0.1) is 45.2 Å². The predicted molar refractivity (Wildman–Crippen MR) is 224 cm³/mol. The summed E-state index contributed by atoms with van der Waals surface area (Å²) in [5, 5.41) is 4.07. The van der Waals surface area contributed by atoms with E-state index >= 15 is 0 Å². The molecule has 3 nitrogen and oxygen atoms in total. The third-order valence-electron chi connectivity index (χ3n) is 11.0. The number of rotatable bonds is 5. The lowest BCUT2D eigenvalue weighted by molar-refractivity contribution is -0.137. The van der Waals surface area contributed by atoms with Crippen LogP contribution in [0.1, 0.15) is 16.7 Å². The van der Waals surface area contributed by atoms with E-state index in [4.69, 9.17) is 0 Å². The molecule has 3 aromatic heterocycles. The molecular formula is C50H34F3N3. The molecule has 7 aromatic carbocycles. The van der Waals surface area contributed by atoms with E-state index in [1.165, 1.54) is 23.3 Å². The molecular weight excluding hydrogens is 700 g/mol. The minimum Gasteiger partial charge on any atom is -0.309 e. The third-order valence-corrected chi connectivity index (χ3v) is 11.0. The van der Waals surface area contributed by atoms with Crippen molar-refractivity contribution in [2.24, 2.45) is 0 Å². The van der Waals surface area contributed by atoms with Crippen LogP contribution < -0.4 is 0 Å². The molecule has 0 atom stereocenters. The van der Waals surface area contributed by atoms with E-state index < -0.39 is 11.7 Å². The average Bonchev–Trinajstić information content (AvgIpc) is 3.73. The van der Waals surface area contributed by atoms with Gasteiger partial charge in [-0.25, -0.2) is 0 Å². The van der Waals surface area contributed by atoms with E-state index in [0.717, 1.165) is 77.1 Å². The maximum absolute atomic E-state index is 14.6. The minimum atomic E-state index is -4.55. The fraction of sp³-hybridized carbons (Fsp3) is 0.0600. The molecule has 0 aliphatic rings. The number of para-hydroxylation sites is 2. The molecule has 10 aromatic rings. The first-order valence-electron chi connectivity index (χ1n) is 18.6. The van der Waals surface area contributed by atoms with Crippen LogP contribution in [0.5, 0.6) is 0 Å². The number of fused-ring (bicyclic) bond motifs is 6. The summed E-state index contributed by atoms with van der Waals surface area (Å²) < 4.78 is 48.1. The SMILES string of the molecule is Cc1ccc(-c2ccc3c(c2)c2ccccc2n3-c2cnccc2-c2ccc(C(F)(F)F)cc2-n2c3ccccc3c3cc(-c4ccc(C)cc4)ccc32)cc1. The van der Waals surface area contributed by atoms with Crippen LogP contribution >= 0.6 is 0 Å². The number of pyridine rings is 1. The van der Waals surface area contributed by atoms with Crippen molar-refractivity contribution in [1.82, 2.24) is 14.1 Å². The molecule has 0 aliphatic heterocycles. The molecule has 56 heavy (non-hydrogen) atoms. The first kappa shape index (κ1) is 33.6. The molecule has 0 amide bonds. The molecule has 6 heteroatoms. The Bertz CT molecular complexity index is 3130. The summed E-state index contributed by atoms with van der Waals surface area (Å²) in [5.74, 6) is 0. The lowest BCUT2D eigenvalue weighted by Crippen LogP contribution is -2.08. The second kappa shape index (κ2) is 12.8. The first-order valence-corrected chi connectivity index (χ1v) is 18.6. The topological polar surface area (TPSA) is 22.8 Å². The van der Waals surface area contributed by atoms with Crippen LogP contribution in [-0.4, -0.2) is 14.1 Å². The van der Waals surface area contributed by atoms with Gasteiger partial charge in [-0.15, -0.1) is 0 Å². The van der Waals surface area contributed by atoms with Gasteiger partial charge in [0.25, 0.3) is 0 Å². The van der Waals surface area contributed by atoms with E-state index in [1.807, 2.05) is 59.3 Å². The van der Waals surface area contributed by atoms with Crippen molar-refractivity contribution in [1.29, 1.82) is 0 Å². The molecule has 0 unspecified atom stereocenters. The van der Waals surface area contributed by atoms with Crippen LogP contribution in [0.3, 0.4) is 0 Å². The van der Waals surface area contributed by atoms with E-state index in [0.29, 0.717) is 11.3 Å². The van der Waals surface area contributed by atoms with Crippen molar-refractivity contribution in [2.45, 2.75) is 20.0 Å². The molecule has 0 aliphatic carbocycles. The Morgan fingerprint density at radius 3 is 1.43 bits per heavy atom. The summed E-state index contributed by atoms with van der Waals surface area (Å²) in [5.41, 5.74) is 12.2. The molecule has 0 fully saturated rings. The normalized spacial score (nSPS) is 12.0. The van der Waals surface area contributed by atoms with Gasteiger partial charge in [-0.3, -0.25) is 4.98 Å². The highest BCUT2D eigenvalue weighted by Crippen LogP contribution is 2.43. The standard InChI is InChI=1S/C50H34F3N3/c1-31-11-15-33(16-12-31)35-19-23-46-42(27-35)38-7-3-5-9-44(38)55(46)48-29-37(50(51,52)53)21-22-40(48)41-25-26-54-30-49(41)56-45-10-6-4-8-39(45)43-28-36(20-24-47(43)56)34-17-13-32(2)14-18-34/h3-30H,1-2H3. The second-order valence-corrected chi connectivity index (χ2v) is 14.5. The maximum Gasteiger partial charge on any atom is 0.416 e. The summed E-state index contributed by atoms with van der Waals surface area (Å²) >= 11 is 0. The Hall–Kier alpha value is -6.92. The number of aryl methyl sites for hydroxylation is 2. The molecule has 0 saturated heterocycles. The number of hydrogen-bond acceptors (Lipinski definition) is 1. The molecule has 270 valence electrons. The van der Waals surface area contributed by atoms with Crippen LogP contribution in [0.4, 0.5) is 13.2 Å². The number of aromatic nitrogens is 3. The van der Waals surface area contributed by atoms with Gasteiger partial charge in [-0.1, -0.05) is 114 Å². The number of hydrogen-bond donors (Lipinski definition) is 0. The van der Waals surface area contributed by atoms with Crippen molar-refractivity contribution in [2.75, 3.05) is 0 Å². The van der Waals surface area contributed by atoms with Gasteiger partial charge >= 0.3 is 6.18 Å². The first-order chi connectivity index (χ1) is 27.2. The van der Waals surface area contributed by atoms with E-state index in [2.05, 4.69) is 114 Å². The van der Waals surface area contributed by atoms with E-state index in [-0.39, 0.29) is 0 Å². The van der Waals surface area contributed by atoms with E-state index in [1.54, 1.807) is 12.3 Å². The van der Waals surface area contributed by atoms with Gasteiger partial charge in [0.2, 0.25) is 0 Å². The van der Waals surface area contributed by atoms with Crippen molar-refractivity contribution in [3.8, 4) is 44.8 Å². The summed E-state index contributed by atoms with van der Waals surface area (Å²) in [7, 11) is 0. The van der Waals surface area contributed by atoms with Gasteiger partial charge in [0.15, 0.2) is 0 Å². The van der Waals surface area contributed by atoms with Crippen LogP contribution in [-0.2, 0) is 6.18 Å². The minimum absolute atomic E-state index is 0.434. The molecule has 0 N–H and O–H groups in total. The van der Waals surface area contributed by atoms with Crippen LogP contribution in [0, 0.1) is 13.8 Å². The van der Waals surface area contributed by atoms with Gasteiger partial charge in [-0.05, 0) is 90.7 Å². The Morgan fingerprint density at radius 2 is 0.893 bits per heavy atom.